The lowest BCUT2D eigenvalue weighted by Gasteiger charge is -2.27. The van der Waals surface area contributed by atoms with E-state index in [4.69, 9.17) is 26.8 Å². The van der Waals surface area contributed by atoms with Crippen LogP contribution in [0.25, 0.3) is 0 Å². The first kappa shape index (κ1) is 13.1. The summed E-state index contributed by atoms with van der Waals surface area (Å²) in [4.78, 5) is 13.6. The number of carbonyl (C=O) groups excluding carboxylic acids is 1. The average Bonchev–Trinajstić information content (AvgIpc) is 2.70. The molecular weight excluding hydrogens is 260 g/mol. The van der Waals surface area contributed by atoms with Crippen LogP contribution in [0.3, 0.4) is 0 Å². The Morgan fingerprint density at radius 3 is 3.00 bits per heavy atom. The third-order valence-electron chi connectivity index (χ3n) is 2.66. The number of rotatable bonds is 3. The van der Waals surface area contributed by atoms with E-state index in [-0.39, 0.29) is 28.5 Å². The lowest BCUT2D eigenvalue weighted by Crippen LogP contribution is -2.41. The standard InChI is InChI=1S/C10H15ClN4O3/c1-15(4-6-5-17-2-3-18-6)10(16)8-7(11)9(12)14-13-8/h6H,2-5H2,1H3,(H3,12,13,14). The number of halogens is 1. The number of nitrogens with zero attached hydrogens (tertiary/aromatic N) is 2. The molecule has 1 aromatic rings. The molecule has 100 valence electrons. The van der Waals surface area contributed by atoms with Crippen molar-refractivity contribution in [1.82, 2.24) is 15.1 Å². The van der Waals surface area contributed by atoms with Crippen LogP contribution in [0.15, 0.2) is 0 Å². The number of aromatic amines is 1. The number of hydrogen-bond acceptors (Lipinski definition) is 5. The number of H-pyrrole nitrogens is 1. The van der Waals surface area contributed by atoms with Crippen molar-refractivity contribution in [3.8, 4) is 0 Å². The van der Waals surface area contributed by atoms with Gasteiger partial charge in [-0.25, -0.2) is 0 Å². The van der Waals surface area contributed by atoms with Gasteiger partial charge in [-0.05, 0) is 0 Å². The largest absolute Gasteiger partial charge is 0.381 e. The van der Waals surface area contributed by atoms with Crippen LogP contribution in [0.1, 0.15) is 10.5 Å². The summed E-state index contributed by atoms with van der Waals surface area (Å²) in [7, 11) is 1.66. The maximum absolute atomic E-state index is 12.1. The summed E-state index contributed by atoms with van der Waals surface area (Å²) in [6.45, 7) is 2.05. The lowest BCUT2D eigenvalue weighted by molar-refractivity contribution is -0.0933. The maximum Gasteiger partial charge on any atom is 0.273 e. The van der Waals surface area contributed by atoms with Crippen molar-refractivity contribution < 1.29 is 14.3 Å². The van der Waals surface area contributed by atoms with E-state index in [9.17, 15) is 4.79 Å². The molecule has 0 radical (unpaired) electrons. The highest BCUT2D eigenvalue weighted by atomic mass is 35.5. The molecule has 1 amide bonds. The predicted molar refractivity (Wildman–Crippen MR) is 65.5 cm³/mol. The van der Waals surface area contributed by atoms with Crippen LogP contribution < -0.4 is 5.73 Å². The molecule has 18 heavy (non-hydrogen) atoms. The number of nitrogens with two attached hydrogens (primary N) is 1. The summed E-state index contributed by atoms with van der Waals surface area (Å²) in [5, 5.41) is 6.35. The molecule has 1 saturated heterocycles. The Balaban J connectivity index is 1.98. The molecule has 1 fully saturated rings. The van der Waals surface area contributed by atoms with Gasteiger partial charge in [0.15, 0.2) is 5.82 Å². The smallest absolute Gasteiger partial charge is 0.273 e. The van der Waals surface area contributed by atoms with E-state index >= 15 is 0 Å². The molecule has 2 heterocycles. The third-order valence-corrected chi connectivity index (χ3v) is 3.04. The fourth-order valence-electron chi connectivity index (χ4n) is 1.71. The van der Waals surface area contributed by atoms with Gasteiger partial charge in [0.2, 0.25) is 0 Å². The Kier molecular flexibility index (Phi) is 4.05. The lowest BCUT2D eigenvalue weighted by atomic mass is 10.3. The zero-order chi connectivity index (χ0) is 13.1. The summed E-state index contributed by atoms with van der Waals surface area (Å²) in [6.07, 6.45) is -0.119. The Labute approximate surface area is 109 Å². The fourth-order valence-corrected chi connectivity index (χ4v) is 1.87. The van der Waals surface area contributed by atoms with E-state index in [2.05, 4.69) is 10.2 Å². The van der Waals surface area contributed by atoms with E-state index in [0.717, 1.165) is 0 Å². The van der Waals surface area contributed by atoms with E-state index < -0.39 is 0 Å². The predicted octanol–water partition coefficient (Wildman–Crippen LogP) is 0.133. The van der Waals surface area contributed by atoms with Gasteiger partial charge in [0.1, 0.15) is 10.7 Å². The highest BCUT2D eigenvalue weighted by Gasteiger charge is 2.23. The molecule has 0 spiro atoms. The second-order valence-electron chi connectivity index (χ2n) is 4.05. The topological polar surface area (TPSA) is 93.5 Å². The fraction of sp³-hybridized carbons (Fsp3) is 0.600. The maximum atomic E-state index is 12.1. The highest BCUT2D eigenvalue weighted by Crippen LogP contribution is 2.21. The van der Waals surface area contributed by atoms with Crippen molar-refractivity contribution >= 4 is 23.3 Å². The normalized spacial score (nSPS) is 19.8. The van der Waals surface area contributed by atoms with Crippen LogP contribution in [0.4, 0.5) is 5.82 Å². The van der Waals surface area contributed by atoms with Gasteiger partial charge in [0.25, 0.3) is 5.91 Å². The molecule has 0 saturated carbocycles. The number of carbonyl (C=O) groups is 1. The average molecular weight is 275 g/mol. The molecular formula is C10H15ClN4O3. The number of aromatic nitrogens is 2. The van der Waals surface area contributed by atoms with Gasteiger partial charge >= 0.3 is 0 Å². The molecule has 2 rings (SSSR count). The molecule has 0 aliphatic carbocycles. The minimum Gasteiger partial charge on any atom is -0.381 e. The molecule has 8 heteroatoms. The van der Waals surface area contributed by atoms with E-state index in [1.54, 1.807) is 7.05 Å². The van der Waals surface area contributed by atoms with Crippen molar-refractivity contribution in [3.05, 3.63) is 10.7 Å². The monoisotopic (exact) mass is 274 g/mol. The van der Waals surface area contributed by atoms with Gasteiger partial charge in [-0.2, -0.15) is 5.10 Å². The van der Waals surface area contributed by atoms with Crippen molar-refractivity contribution in [2.75, 3.05) is 39.1 Å². The van der Waals surface area contributed by atoms with Gasteiger partial charge in [-0.1, -0.05) is 11.6 Å². The van der Waals surface area contributed by atoms with Crippen LogP contribution in [-0.4, -0.2) is 60.5 Å². The quantitative estimate of drug-likeness (QED) is 0.817. The van der Waals surface area contributed by atoms with Gasteiger partial charge in [0, 0.05) is 13.6 Å². The highest BCUT2D eigenvalue weighted by molar-refractivity contribution is 6.35. The Morgan fingerprint density at radius 2 is 2.44 bits per heavy atom. The van der Waals surface area contributed by atoms with Gasteiger partial charge in [0.05, 0.1) is 25.9 Å². The van der Waals surface area contributed by atoms with E-state index in [1.807, 2.05) is 0 Å². The van der Waals surface area contributed by atoms with E-state index in [0.29, 0.717) is 26.4 Å². The molecule has 7 nitrogen and oxygen atoms in total. The summed E-state index contributed by atoms with van der Waals surface area (Å²) in [5.41, 5.74) is 5.66. The molecule has 1 aromatic heterocycles. The summed E-state index contributed by atoms with van der Waals surface area (Å²) >= 11 is 5.87. The summed E-state index contributed by atoms with van der Waals surface area (Å²) < 4.78 is 10.7. The van der Waals surface area contributed by atoms with Gasteiger partial charge in [-0.3, -0.25) is 9.89 Å². The number of likely N-dealkylation sites (N-methyl/N-ethyl adjacent to an activating group) is 1. The first-order valence-electron chi connectivity index (χ1n) is 5.53. The molecule has 0 bridgehead atoms. The second-order valence-corrected chi connectivity index (χ2v) is 4.43. The molecule has 1 unspecified atom stereocenters. The molecule has 1 aliphatic rings. The molecule has 1 atom stereocenters. The van der Waals surface area contributed by atoms with E-state index in [1.165, 1.54) is 4.90 Å². The van der Waals surface area contributed by atoms with Gasteiger partial charge in [-0.15, -0.1) is 0 Å². The SMILES string of the molecule is CN(CC1COCCO1)C(=O)c1[nH]nc(N)c1Cl. The number of ether oxygens (including phenoxy) is 2. The van der Waals surface area contributed by atoms with Crippen LogP contribution in [-0.2, 0) is 9.47 Å². The molecule has 3 N–H and O–H groups in total. The Morgan fingerprint density at radius 1 is 1.67 bits per heavy atom. The third kappa shape index (κ3) is 2.74. The minimum absolute atomic E-state index is 0.116. The minimum atomic E-state index is -0.279. The van der Waals surface area contributed by atoms with Crippen molar-refractivity contribution in [1.29, 1.82) is 0 Å². The van der Waals surface area contributed by atoms with Crippen molar-refractivity contribution in [2.45, 2.75) is 6.10 Å². The van der Waals surface area contributed by atoms with Crippen molar-refractivity contribution in [2.24, 2.45) is 0 Å². The zero-order valence-electron chi connectivity index (χ0n) is 9.98. The zero-order valence-corrected chi connectivity index (χ0v) is 10.7. The summed E-state index contributed by atoms with van der Waals surface area (Å²) in [5.74, 6) is -0.163. The summed E-state index contributed by atoms with van der Waals surface area (Å²) in [6, 6.07) is 0. The van der Waals surface area contributed by atoms with Crippen LogP contribution in [0.5, 0.6) is 0 Å². The van der Waals surface area contributed by atoms with Crippen LogP contribution >= 0.6 is 11.6 Å². The first-order chi connectivity index (χ1) is 8.59. The Bertz CT molecular complexity index is 431. The molecule has 0 aromatic carbocycles. The van der Waals surface area contributed by atoms with Gasteiger partial charge < -0.3 is 20.1 Å². The number of anilines is 1. The number of hydrogen-bond donors (Lipinski definition) is 2. The second kappa shape index (κ2) is 5.55. The van der Waals surface area contributed by atoms with Crippen molar-refractivity contribution in [3.63, 3.8) is 0 Å². The number of amides is 1. The molecule has 1 aliphatic heterocycles. The number of nitrogen functional groups attached to an aromatic ring is 1. The van der Waals surface area contributed by atoms with Crippen LogP contribution in [0.2, 0.25) is 5.02 Å². The Hall–Kier alpha value is -1.31. The first-order valence-corrected chi connectivity index (χ1v) is 5.91. The number of nitrogens with one attached hydrogen (secondary N) is 1. The van der Waals surface area contributed by atoms with Crippen LogP contribution in [0, 0.1) is 0 Å².